The molecule has 0 aliphatic carbocycles. The largest absolute Gasteiger partial charge is 0.150 e. The molecule has 0 saturated carbocycles. The van der Waals surface area contributed by atoms with Gasteiger partial charge in [-0.05, 0) is 0 Å². The lowest BCUT2D eigenvalue weighted by atomic mass is 10.4. The highest BCUT2D eigenvalue weighted by molar-refractivity contribution is 7.58. The number of benzene rings is 1. The summed E-state index contributed by atoms with van der Waals surface area (Å²) in [7, 11) is 2.84. The van der Waals surface area contributed by atoms with E-state index in [2.05, 4.69) is 39.1 Å². The van der Waals surface area contributed by atoms with E-state index in [0.717, 1.165) is 0 Å². The van der Waals surface area contributed by atoms with Gasteiger partial charge in [-0.3, -0.25) is 0 Å². The van der Waals surface area contributed by atoms with Crippen molar-refractivity contribution in [1.29, 1.82) is 0 Å². The fourth-order valence-electron chi connectivity index (χ4n) is 0.614. The SMILES string of the molecule is P[SiH2]c1ccccc1. The average molecular weight is 140 g/mol. The van der Waals surface area contributed by atoms with Crippen LogP contribution in [0, 0.1) is 0 Å². The molecule has 8 heavy (non-hydrogen) atoms. The molecule has 0 aliphatic heterocycles. The van der Waals surface area contributed by atoms with Gasteiger partial charge in [0.2, 0.25) is 0 Å². The van der Waals surface area contributed by atoms with E-state index in [4.69, 9.17) is 0 Å². The molecule has 1 rings (SSSR count). The van der Waals surface area contributed by atoms with Crippen molar-refractivity contribution in [1.82, 2.24) is 0 Å². The van der Waals surface area contributed by atoms with E-state index in [1.165, 1.54) is 5.19 Å². The maximum Gasteiger partial charge on any atom is 0.0751 e. The van der Waals surface area contributed by atoms with Gasteiger partial charge in [-0.25, -0.2) is 0 Å². The standard InChI is InChI=1S/C6H9PSi/c7-8-6-4-2-1-3-5-6/h1-5H,7-8H2. The van der Waals surface area contributed by atoms with Crippen molar-refractivity contribution >= 4 is 23.2 Å². The molecule has 1 unspecified atom stereocenters. The van der Waals surface area contributed by atoms with Crippen LogP contribution in [0.3, 0.4) is 0 Å². The van der Waals surface area contributed by atoms with Crippen molar-refractivity contribution in [2.24, 2.45) is 0 Å². The second-order valence-corrected chi connectivity index (χ2v) is 4.14. The molecule has 1 aromatic carbocycles. The molecule has 0 heterocycles. The fourth-order valence-corrected chi connectivity index (χ4v) is 1.97. The van der Waals surface area contributed by atoms with Gasteiger partial charge in [0.05, 0.1) is 9.19 Å². The third kappa shape index (κ3) is 1.43. The average Bonchev–Trinajstić information content (AvgIpc) is 1.90. The lowest BCUT2D eigenvalue weighted by Gasteiger charge is -1.88. The second-order valence-electron chi connectivity index (χ2n) is 1.69. The minimum atomic E-state index is 0.00793. The summed E-state index contributed by atoms with van der Waals surface area (Å²) in [5, 5.41) is 1.51. The quantitative estimate of drug-likeness (QED) is 0.388. The van der Waals surface area contributed by atoms with Crippen molar-refractivity contribution in [3.8, 4) is 0 Å². The Labute approximate surface area is 54.2 Å². The Balaban J connectivity index is 2.83. The van der Waals surface area contributed by atoms with Crippen LogP contribution in [0.5, 0.6) is 0 Å². The maximum atomic E-state index is 2.83. The maximum absolute atomic E-state index is 2.83. The van der Waals surface area contributed by atoms with Gasteiger partial charge in [0.15, 0.2) is 0 Å². The van der Waals surface area contributed by atoms with Crippen molar-refractivity contribution in [3.63, 3.8) is 0 Å². The van der Waals surface area contributed by atoms with Crippen LogP contribution >= 0.6 is 8.79 Å². The number of hydrogen-bond acceptors (Lipinski definition) is 0. The first-order valence-corrected chi connectivity index (χ1v) is 6.65. The van der Waals surface area contributed by atoms with Crippen LogP contribution in [0.1, 0.15) is 0 Å². The topological polar surface area (TPSA) is 0 Å². The molecule has 2 heteroatoms. The summed E-state index contributed by atoms with van der Waals surface area (Å²) in [6, 6.07) is 10.6. The summed E-state index contributed by atoms with van der Waals surface area (Å²) in [6.45, 7) is 0. The molecule has 0 N–H and O–H groups in total. The molecule has 0 nitrogen and oxygen atoms in total. The van der Waals surface area contributed by atoms with Gasteiger partial charge < -0.3 is 0 Å². The van der Waals surface area contributed by atoms with Crippen LogP contribution < -0.4 is 5.19 Å². The van der Waals surface area contributed by atoms with Crippen LogP contribution in [0.15, 0.2) is 30.3 Å². The van der Waals surface area contributed by atoms with Crippen molar-refractivity contribution in [3.05, 3.63) is 30.3 Å². The Morgan fingerprint density at radius 2 is 1.75 bits per heavy atom. The van der Waals surface area contributed by atoms with Gasteiger partial charge in [0.1, 0.15) is 0 Å². The fraction of sp³-hybridized carbons (Fsp3) is 0. The number of rotatable bonds is 1. The van der Waals surface area contributed by atoms with Crippen LogP contribution in [-0.4, -0.2) is 9.19 Å². The zero-order chi connectivity index (χ0) is 5.82. The van der Waals surface area contributed by atoms with E-state index in [0.29, 0.717) is 0 Å². The van der Waals surface area contributed by atoms with Gasteiger partial charge >= 0.3 is 0 Å². The van der Waals surface area contributed by atoms with Gasteiger partial charge in [-0.1, -0.05) is 35.5 Å². The Kier molecular flexibility index (Phi) is 2.25. The first-order valence-electron chi connectivity index (χ1n) is 2.67. The first-order chi connectivity index (χ1) is 3.93. The Bertz CT molecular complexity index is 150. The van der Waals surface area contributed by atoms with E-state index in [-0.39, 0.29) is 9.19 Å². The Hall–Kier alpha value is -0.133. The third-order valence-electron chi connectivity index (χ3n) is 1.08. The smallest absolute Gasteiger partial charge is 0.0751 e. The molecule has 0 saturated heterocycles. The third-order valence-corrected chi connectivity index (χ3v) is 3.44. The molecule has 0 bridgehead atoms. The molecule has 0 aliphatic rings. The summed E-state index contributed by atoms with van der Waals surface area (Å²) in [5.41, 5.74) is 0. The minimum Gasteiger partial charge on any atom is -0.150 e. The normalized spacial score (nSPS) is 10.6. The number of hydrogen-bond donors (Lipinski definition) is 0. The van der Waals surface area contributed by atoms with Gasteiger partial charge in [-0.15, -0.1) is 0 Å². The Morgan fingerprint density at radius 3 is 2.12 bits per heavy atom. The second kappa shape index (κ2) is 3.01. The highest BCUT2D eigenvalue weighted by Crippen LogP contribution is 1.83. The summed E-state index contributed by atoms with van der Waals surface area (Å²) in [5.74, 6) is 0. The van der Waals surface area contributed by atoms with Gasteiger partial charge in [-0.2, -0.15) is 8.79 Å². The van der Waals surface area contributed by atoms with Crippen LogP contribution in [0.2, 0.25) is 0 Å². The van der Waals surface area contributed by atoms with E-state index in [1.54, 1.807) is 0 Å². The summed E-state index contributed by atoms with van der Waals surface area (Å²) in [6.07, 6.45) is 0. The van der Waals surface area contributed by atoms with E-state index in [1.807, 2.05) is 0 Å². The molecule has 1 atom stereocenters. The monoisotopic (exact) mass is 140 g/mol. The molecule has 0 aromatic heterocycles. The van der Waals surface area contributed by atoms with E-state index >= 15 is 0 Å². The lowest BCUT2D eigenvalue weighted by Crippen LogP contribution is -2.05. The van der Waals surface area contributed by atoms with Crippen LogP contribution in [0.4, 0.5) is 0 Å². The Morgan fingerprint density at radius 1 is 1.12 bits per heavy atom. The van der Waals surface area contributed by atoms with Crippen molar-refractivity contribution < 1.29 is 0 Å². The summed E-state index contributed by atoms with van der Waals surface area (Å²) in [4.78, 5) is 0. The van der Waals surface area contributed by atoms with Gasteiger partial charge in [0, 0.05) is 0 Å². The van der Waals surface area contributed by atoms with E-state index in [9.17, 15) is 0 Å². The molecule has 1 aromatic rings. The highest BCUT2D eigenvalue weighted by Gasteiger charge is 1.81. The summed E-state index contributed by atoms with van der Waals surface area (Å²) >= 11 is 0. The predicted molar refractivity (Wildman–Crippen MR) is 44.3 cm³/mol. The molecular weight excluding hydrogens is 131 g/mol. The van der Waals surface area contributed by atoms with Crippen LogP contribution in [-0.2, 0) is 0 Å². The molecular formula is C6H9PSi. The first kappa shape index (κ1) is 5.99. The van der Waals surface area contributed by atoms with Crippen molar-refractivity contribution in [2.45, 2.75) is 0 Å². The van der Waals surface area contributed by atoms with Gasteiger partial charge in [0.25, 0.3) is 0 Å². The minimum absolute atomic E-state index is 0.00793. The summed E-state index contributed by atoms with van der Waals surface area (Å²) < 4.78 is 0. The molecule has 42 valence electrons. The zero-order valence-corrected chi connectivity index (χ0v) is 7.24. The molecule has 0 fully saturated rings. The zero-order valence-electron chi connectivity index (χ0n) is 4.67. The molecule has 0 spiro atoms. The predicted octanol–water partition coefficient (Wildman–Crippen LogP) is 0.271. The van der Waals surface area contributed by atoms with Crippen LogP contribution in [0.25, 0.3) is 0 Å². The van der Waals surface area contributed by atoms with Crippen molar-refractivity contribution in [2.75, 3.05) is 0 Å². The van der Waals surface area contributed by atoms with E-state index < -0.39 is 0 Å². The lowest BCUT2D eigenvalue weighted by molar-refractivity contribution is 1.77. The molecule has 0 amide bonds. The molecule has 0 radical (unpaired) electrons. The highest BCUT2D eigenvalue weighted by atomic mass is 31.3.